The quantitative estimate of drug-likeness (QED) is 0.749. The van der Waals surface area contributed by atoms with Gasteiger partial charge in [0.15, 0.2) is 5.54 Å². The molecule has 3 aromatic rings. The van der Waals surface area contributed by atoms with Crippen LogP contribution < -0.4 is 5.32 Å². The molecular formula is C16H14N4O3. The van der Waals surface area contributed by atoms with Crippen LogP contribution in [-0.4, -0.2) is 26.2 Å². The molecule has 7 heteroatoms. The lowest BCUT2D eigenvalue weighted by molar-refractivity contribution is -0.132. The summed E-state index contributed by atoms with van der Waals surface area (Å²) in [5, 5.41) is 2.70. The highest BCUT2D eigenvalue weighted by Gasteiger charge is 2.51. The van der Waals surface area contributed by atoms with Crippen molar-refractivity contribution in [2.24, 2.45) is 0 Å². The molecule has 0 aromatic carbocycles. The van der Waals surface area contributed by atoms with Gasteiger partial charge in [-0.15, -0.1) is 0 Å². The molecule has 0 spiro atoms. The molecule has 1 atom stereocenters. The van der Waals surface area contributed by atoms with Gasteiger partial charge in [0.25, 0.3) is 5.91 Å². The third-order valence-corrected chi connectivity index (χ3v) is 4.02. The van der Waals surface area contributed by atoms with Gasteiger partial charge in [0.05, 0.1) is 18.5 Å². The number of aromatic nitrogens is 2. The fraction of sp³-hybridized carbons (Fsp3) is 0.188. The van der Waals surface area contributed by atoms with Crippen molar-refractivity contribution in [2.45, 2.75) is 19.0 Å². The van der Waals surface area contributed by atoms with Crippen LogP contribution in [0.3, 0.4) is 0 Å². The predicted octanol–water partition coefficient (Wildman–Crippen LogP) is 1.89. The summed E-state index contributed by atoms with van der Waals surface area (Å²) in [6.07, 6.45) is 5.15. The van der Waals surface area contributed by atoms with Gasteiger partial charge < -0.3 is 14.1 Å². The summed E-state index contributed by atoms with van der Waals surface area (Å²) in [4.78, 5) is 30.5. The van der Waals surface area contributed by atoms with Crippen molar-refractivity contribution in [3.8, 4) is 0 Å². The van der Waals surface area contributed by atoms with E-state index in [1.807, 2.05) is 28.8 Å². The molecule has 7 nitrogen and oxygen atoms in total. The number of furan rings is 1. The summed E-state index contributed by atoms with van der Waals surface area (Å²) >= 11 is 0. The second-order valence-electron chi connectivity index (χ2n) is 5.62. The first kappa shape index (κ1) is 13.6. The Kier molecular flexibility index (Phi) is 2.77. The first-order valence-corrected chi connectivity index (χ1v) is 7.18. The van der Waals surface area contributed by atoms with Gasteiger partial charge in [-0.2, -0.15) is 0 Å². The average molecular weight is 310 g/mol. The molecule has 0 saturated carbocycles. The Hall–Kier alpha value is -3.09. The van der Waals surface area contributed by atoms with Gasteiger partial charge in [-0.1, -0.05) is 6.07 Å². The number of carbonyl (C=O) groups excluding carboxylic acids is 2. The number of hydrogen-bond donors (Lipinski definition) is 1. The Bertz CT molecular complexity index is 866. The lowest BCUT2D eigenvalue weighted by Crippen LogP contribution is -2.40. The molecule has 0 aliphatic carbocycles. The molecule has 1 fully saturated rings. The largest absolute Gasteiger partial charge is 0.466 e. The molecular weight excluding hydrogens is 296 g/mol. The highest BCUT2D eigenvalue weighted by Crippen LogP contribution is 2.29. The number of urea groups is 1. The zero-order valence-electron chi connectivity index (χ0n) is 12.4. The number of nitrogens with zero attached hydrogens (tertiary/aromatic N) is 3. The normalized spacial score (nSPS) is 21.2. The minimum absolute atomic E-state index is 0.114. The second kappa shape index (κ2) is 4.70. The van der Waals surface area contributed by atoms with Crippen LogP contribution in [0.1, 0.15) is 18.4 Å². The summed E-state index contributed by atoms with van der Waals surface area (Å²) in [5.74, 6) is 0.0582. The average Bonchev–Trinajstić information content (AvgIpc) is 3.23. The van der Waals surface area contributed by atoms with Crippen molar-refractivity contribution in [1.82, 2.24) is 19.6 Å². The Balaban J connectivity index is 1.64. The van der Waals surface area contributed by atoms with E-state index in [9.17, 15) is 9.59 Å². The molecule has 4 rings (SSSR count). The summed E-state index contributed by atoms with van der Waals surface area (Å²) in [6, 6.07) is 8.54. The van der Waals surface area contributed by atoms with Gasteiger partial charge in [-0.3, -0.25) is 9.69 Å². The first-order valence-electron chi connectivity index (χ1n) is 7.18. The lowest BCUT2D eigenvalue weighted by Gasteiger charge is -2.18. The Labute approximate surface area is 131 Å². The van der Waals surface area contributed by atoms with E-state index in [0.29, 0.717) is 11.5 Å². The second-order valence-corrected chi connectivity index (χ2v) is 5.62. The van der Waals surface area contributed by atoms with Gasteiger partial charge in [0, 0.05) is 12.4 Å². The fourth-order valence-electron chi connectivity index (χ4n) is 2.80. The maximum atomic E-state index is 12.7. The number of carbonyl (C=O) groups is 2. The number of amides is 3. The van der Waals surface area contributed by atoms with E-state index in [4.69, 9.17) is 4.42 Å². The van der Waals surface area contributed by atoms with Crippen molar-refractivity contribution in [3.05, 3.63) is 60.4 Å². The van der Waals surface area contributed by atoms with Gasteiger partial charge in [0.2, 0.25) is 0 Å². The van der Waals surface area contributed by atoms with Crippen LogP contribution in [0.5, 0.6) is 0 Å². The van der Waals surface area contributed by atoms with E-state index >= 15 is 0 Å². The predicted molar refractivity (Wildman–Crippen MR) is 80.3 cm³/mol. The monoisotopic (exact) mass is 310 g/mol. The van der Waals surface area contributed by atoms with Crippen molar-refractivity contribution in [3.63, 3.8) is 0 Å². The standard InChI is InChI=1S/C16H14N4O3/c1-16(12-5-4-8-23-12)14(21)20(15(22)18-16)10-11-9-19-7-3-2-6-13(19)17-11/h2-9H,10H2,1H3,(H,18,22). The van der Waals surface area contributed by atoms with Crippen LogP contribution in [0.15, 0.2) is 53.4 Å². The van der Waals surface area contributed by atoms with Crippen molar-refractivity contribution >= 4 is 17.6 Å². The number of rotatable bonds is 3. The maximum Gasteiger partial charge on any atom is 0.325 e. The third kappa shape index (κ3) is 2.01. The molecule has 0 radical (unpaired) electrons. The summed E-state index contributed by atoms with van der Waals surface area (Å²) < 4.78 is 7.15. The number of pyridine rings is 1. The van der Waals surface area contributed by atoms with Gasteiger partial charge in [-0.25, -0.2) is 9.78 Å². The SMILES string of the molecule is CC1(c2ccco2)NC(=O)N(Cc2cn3ccccc3n2)C1=O. The van der Waals surface area contributed by atoms with Gasteiger partial charge in [0.1, 0.15) is 11.4 Å². The minimum atomic E-state index is -1.18. The minimum Gasteiger partial charge on any atom is -0.466 e. The number of imide groups is 1. The molecule has 116 valence electrons. The number of fused-ring (bicyclic) bond motifs is 1. The molecule has 1 unspecified atom stereocenters. The van der Waals surface area contributed by atoms with Crippen molar-refractivity contribution in [1.29, 1.82) is 0 Å². The van der Waals surface area contributed by atoms with E-state index in [2.05, 4.69) is 10.3 Å². The topological polar surface area (TPSA) is 79.8 Å². The number of imidazole rings is 1. The zero-order valence-corrected chi connectivity index (χ0v) is 12.4. The number of nitrogens with one attached hydrogen (secondary N) is 1. The van der Waals surface area contributed by atoms with Crippen LogP contribution in [0.2, 0.25) is 0 Å². The molecule has 1 saturated heterocycles. The molecule has 3 amide bonds. The van der Waals surface area contributed by atoms with E-state index in [-0.39, 0.29) is 12.5 Å². The summed E-state index contributed by atoms with van der Waals surface area (Å²) in [7, 11) is 0. The molecule has 0 bridgehead atoms. The van der Waals surface area contributed by atoms with Gasteiger partial charge >= 0.3 is 6.03 Å². The maximum absolute atomic E-state index is 12.7. The number of hydrogen-bond acceptors (Lipinski definition) is 4. The highest BCUT2D eigenvalue weighted by molar-refractivity contribution is 6.06. The van der Waals surface area contributed by atoms with Crippen LogP contribution in [0.4, 0.5) is 4.79 Å². The molecule has 3 aromatic heterocycles. The summed E-state index contributed by atoms with van der Waals surface area (Å²) in [6.45, 7) is 1.75. The van der Waals surface area contributed by atoms with Gasteiger partial charge in [-0.05, 0) is 31.2 Å². The smallest absolute Gasteiger partial charge is 0.325 e. The lowest BCUT2D eigenvalue weighted by atomic mass is 9.99. The van der Waals surface area contributed by atoms with E-state index in [0.717, 1.165) is 10.5 Å². The molecule has 1 N–H and O–H groups in total. The Morgan fingerprint density at radius 2 is 2.13 bits per heavy atom. The van der Waals surface area contributed by atoms with Crippen LogP contribution in [0.25, 0.3) is 5.65 Å². The van der Waals surface area contributed by atoms with Crippen LogP contribution in [-0.2, 0) is 16.9 Å². The summed E-state index contributed by atoms with van der Waals surface area (Å²) in [5.41, 5.74) is 0.228. The van der Waals surface area contributed by atoms with E-state index in [1.165, 1.54) is 6.26 Å². The van der Waals surface area contributed by atoms with Crippen LogP contribution in [0, 0.1) is 0 Å². The van der Waals surface area contributed by atoms with E-state index < -0.39 is 11.6 Å². The molecule has 1 aliphatic heterocycles. The first-order chi connectivity index (χ1) is 11.1. The third-order valence-electron chi connectivity index (χ3n) is 4.02. The fourth-order valence-corrected chi connectivity index (χ4v) is 2.80. The van der Waals surface area contributed by atoms with Crippen molar-refractivity contribution in [2.75, 3.05) is 0 Å². The van der Waals surface area contributed by atoms with Crippen molar-refractivity contribution < 1.29 is 14.0 Å². The van der Waals surface area contributed by atoms with Crippen LogP contribution >= 0.6 is 0 Å². The van der Waals surface area contributed by atoms with E-state index in [1.54, 1.807) is 25.3 Å². The highest BCUT2D eigenvalue weighted by atomic mass is 16.3. The molecule has 4 heterocycles. The zero-order chi connectivity index (χ0) is 16.0. The molecule has 1 aliphatic rings. The Morgan fingerprint density at radius 3 is 2.87 bits per heavy atom. The Morgan fingerprint density at radius 1 is 1.26 bits per heavy atom. The molecule has 23 heavy (non-hydrogen) atoms.